The molecular formula is C27H34N4O3. The Hall–Kier alpha value is -3.32. The molecule has 180 valence electrons. The van der Waals surface area contributed by atoms with Crippen molar-refractivity contribution in [2.75, 3.05) is 44.7 Å². The molecule has 0 unspecified atom stereocenters. The number of ether oxygens (including phenoxy) is 1. The lowest BCUT2D eigenvalue weighted by atomic mass is 9.94. The lowest BCUT2D eigenvalue weighted by Gasteiger charge is -2.38. The molecule has 2 heterocycles. The van der Waals surface area contributed by atoms with E-state index in [9.17, 15) is 9.59 Å². The van der Waals surface area contributed by atoms with Gasteiger partial charge in [-0.1, -0.05) is 43.3 Å². The molecule has 4 rings (SSSR count). The van der Waals surface area contributed by atoms with Gasteiger partial charge in [0, 0.05) is 44.1 Å². The van der Waals surface area contributed by atoms with Crippen molar-refractivity contribution in [3.8, 4) is 0 Å². The largest absolute Gasteiger partial charge is 0.466 e. The zero-order chi connectivity index (χ0) is 24.2. The minimum absolute atomic E-state index is 0.304. The quantitative estimate of drug-likeness (QED) is 0.643. The number of aryl methyl sites for hydroxylation is 3. The van der Waals surface area contributed by atoms with Crippen LogP contribution in [0.3, 0.4) is 0 Å². The highest BCUT2D eigenvalue weighted by Gasteiger charge is 2.34. The third kappa shape index (κ3) is 5.09. The number of benzene rings is 2. The summed E-state index contributed by atoms with van der Waals surface area (Å²) in [5.74, 6) is -0.430. The van der Waals surface area contributed by atoms with Gasteiger partial charge < -0.3 is 20.3 Å². The third-order valence-corrected chi connectivity index (χ3v) is 6.74. The first kappa shape index (κ1) is 23.8. The molecule has 34 heavy (non-hydrogen) atoms. The lowest BCUT2D eigenvalue weighted by molar-refractivity contribution is -0.136. The van der Waals surface area contributed by atoms with Gasteiger partial charge in [-0.2, -0.15) is 0 Å². The molecule has 2 aliphatic rings. The van der Waals surface area contributed by atoms with E-state index in [2.05, 4.69) is 59.4 Å². The average molecular weight is 463 g/mol. The van der Waals surface area contributed by atoms with Gasteiger partial charge in [-0.3, -0.25) is 4.90 Å². The van der Waals surface area contributed by atoms with Crippen LogP contribution in [0.1, 0.15) is 35.2 Å². The molecule has 7 heteroatoms. The molecule has 0 aliphatic carbocycles. The fourth-order valence-corrected chi connectivity index (χ4v) is 4.72. The molecular weight excluding hydrogens is 428 g/mol. The molecule has 1 saturated heterocycles. The maximum Gasteiger partial charge on any atom is 0.338 e. The molecule has 2 aliphatic heterocycles. The molecule has 0 aromatic heterocycles. The van der Waals surface area contributed by atoms with Gasteiger partial charge in [-0.05, 0) is 48.6 Å². The van der Waals surface area contributed by atoms with Crippen LogP contribution in [0.4, 0.5) is 10.5 Å². The molecule has 2 aromatic rings. The van der Waals surface area contributed by atoms with Crippen LogP contribution in [0.5, 0.6) is 0 Å². The fraction of sp³-hybridized carbons (Fsp3) is 0.407. The Morgan fingerprint density at radius 2 is 1.76 bits per heavy atom. The summed E-state index contributed by atoms with van der Waals surface area (Å²) in [6, 6.07) is 13.7. The van der Waals surface area contributed by atoms with Crippen molar-refractivity contribution in [3.05, 3.63) is 76.0 Å². The van der Waals surface area contributed by atoms with Gasteiger partial charge in [0.1, 0.15) is 0 Å². The molecule has 2 amide bonds. The highest BCUT2D eigenvalue weighted by atomic mass is 16.5. The van der Waals surface area contributed by atoms with Crippen molar-refractivity contribution in [1.82, 2.24) is 15.5 Å². The molecule has 0 spiro atoms. The molecule has 0 radical (unpaired) electrons. The third-order valence-electron chi connectivity index (χ3n) is 6.74. The fourth-order valence-electron chi connectivity index (χ4n) is 4.72. The number of urea groups is 1. The first-order valence-electron chi connectivity index (χ1n) is 11.9. The molecule has 7 nitrogen and oxygen atoms in total. The number of nitrogens with zero attached hydrogens (tertiary/aromatic N) is 2. The number of nitrogens with one attached hydrogen (secondary N) is 2. The maximum absolute atomic E-state index is 12.8. The smallest absolute Gasteiger partial charge is 0.338 e. The monoisotopic (exact) mass is 462 g/mol. The second-order valence-corrected chi connectivity index (χ2v) is 9.06. The number of piperazine rings is 1. The maximum atomic E-state index is 12.8. The summed E-state index contributed by atoms with van der Waals surface area (Å²) in [7, 11) is 1.38. The van der Waals surface area contributed by atoms with Crippen molar-refractivity contribution in [2.24, 2.45) is 0 Å². The first-order valence-corrected chi connectivity index (χ1v) is 11.9. The Morgan fingerprint density at radius 3 is 2.41 bits per heavy atom. The van der Waals surface area contributed by atoms with Crippen LogP contribution in [0.2, 0.25) is 0 Å². The van der Waals surface area contributed by atoms with Crippen LogP contribution in [0, 0.1) is 13.8 Å². The van der Waals surface area contributed by atoms with Crippen molar-refractivity contribution in [3.63, 3.8) is 0 Å². The highest BCUT2D eigenvalue weighted by Crippen LogP contribution is 2.29. The minimum atomic E-state index is -0.543. The predicted molar refractivity (Wildman–Crippen MR) is 134 cm³/mol. The molecule has 2 aromatic carbocycles. The SMILES string of the molecule is CCc1ccc([C@@H]2NC(=O)NC(CN3CCN(c4cc(C)ccc4C)CC3)=C2C(=O)OC)cc1. The summed E-state index contributed by atoms with van der Waals surface area (Å²) in [5, 5.41) is 5.79. The number of amides is 2. The van der Waals surface area contributed by atoms with Crippen LogP contribution < -0.4 is 15.5 Å². The number of hydrogen-bond donors (Lipinski definition) is 2. The van der Waals surface area contributed by atoms with Crippen molar-refractivity contribution >= 4 is 17.7 Å². The molecule has 1 fully saturated rings. The summed E-state index contributed by atoms with van der Waals surface area (Å²) in [4.78, 5) is 30.1. The van der Waals surface area contributed by atoms with Crippen LogP contribution >= 0.6 is 0 Å². The normalized spacial score (nSPS) is 19.0. The number of rotatable bonds is 6. The second kappa shape index (κ2) is 10.3. The number of carbonyl (C=O) groups excluding carboxylic acids is 2. The van der Waals surface area contributed by atoms with Crippen molar-refractivity contribution in [1.29, 1.82) is 0 Å². The predicted octanol–water partition coefficient (Wildman–Crippen LogP) is 3.47. The summed E-state index contributed by atoms with van der Waals surface area (Å²) in [6.07, 6.45) is 0.928. The number of anilines is 1. The van der Waals surface area contributed by atoms with E-state index >= 15 is 0 Å². The van der Waals surface area contributed by atoms with Crippen LogP contribution in [0.25, 0.3) is 0 Å². The zero-order valence-corrected chi connectivity index (χ0v) is 20.5. The van der Waals surface area contributed by atoms with E-state index in [4.69, 9.17) is 4.74 Å². The topological polar surface area (TPSA) is 73.9 Å². The Kier molecular flexibility index (Phi) is 7.22. The van der Waals surface area contributed by atoms with Gasteiger partial charge in [0.25, 0.3) is 0 Å². The zero-order valence-electron chi connectivity index (χ0n) is 20.5. The Balaban J connectivity index is 1.54. The molecule has 0 bridgehead atoms. The van der Waals surface area contributed by atoms with E-state index in [1.54, 1.807) is 0 Å². The van der Waals surface area contributed by atoms with Gasteiger partial charge in [-0.15, -0.1) is 0 Å². The number of methoxy groups -OCH3 is 1. The van der Waals surface area contributed by atoms with Gasteiger partial charge >= 0.3 is 12.0 Å². The molecule has 0 saturated carbocycles. The van der Waals surface area contributed by atoms with Crippen LogP contribution in [0.15, 0.2) is 53.7 Å². The average Bonchev–Trinajstić information content (AvgIpc) is 2.85. The van der Waals surface area contributed by atoms with Gasteiger partial charge in [-0.25, -0.2) is 9.59 Å². The first-order chi connectivity index (χ1) is 16.4. The van der Waals surface area contributed by atoms with E-state index < -0.39 is 12.0 Å². The lowest BCUT2D eigenvalue weighted by Crippen LogP contribution is -2.51. The Bertz CT molecular complexity index is 1090. The summed E-state index contributed by atoms with van der Waals surface area (Å²) in [5.41, 5.74) is 6.95. The molecule has 2 N–H and O–H groups in total. The molecule has 1 atom stereocenters. The van der Waals surface area contributed by atoms with E-state index in [0.717, 1.165) is 38.2 Å². The van der Waals surface area contributed by atoms with Gasteiger partial charge in [0.2, 0.25) is 0 Å². The van der Waals surface area contributed by atoms with E-state index in [-0.39, 0.29) is 6.03 Å². The Labute approximate surface area is 201 Å². The summed E-state index contributed by atoms with van der Waals surface area (Å²) >= 11 is 0. The van der Waals surface area contributed by atoms with E-state index in [0.29, 0.717) is 17.8 Å². The van der Waals surface area contributed by atoms with E-state index in [1.807, 2.05) is 24.3 Å². The second-order valence-electron chi connectivity index (χ2n) is 9.06. The Morgan fingerprint density at radius 1 is 1.06 bits per heavy atom. The van der Waals surface area contributed by atoms with Crippen molar-refractivity contribution in [2.45, 2.75) is 33.2 Å². The van der Waals surface area contributed by atoms with Crippen LogP contribution in [-0.2, 0) is 16.0 Å². The minimum Gasteiger partial charge on any atom is -0.466 e. The standard InChI is InChI=1S/C27H34N4O3/c1-5-20-8-10-21(11-9-20)25-24(26(32)34-4)22(28-27(33)29-25)17-30-12-14-31(15-13-30)23-16-18(2)6-7-19(23)3/h6-11,16,25H,5,12-15,17H2,1-4H3,(H2,28,29,33)/t25-/m0/s1. The number of carbonyl (C=O) groups is 2. The van der Waals surface area contributed by atoms with Crippen LogP contribution in [-0.4, -0.2) is 56.7 Å². The van der Waals surface area contributed by atoms with Crippen molar-refractivity contribution < 1.29 is 14.3 Å². The number of esters is 1. The summed E-state index contributed by atoms with van der Waals surface area (Å²) < 4.78 is 5.13. The van der Waals surface area contributed by atoms with Gasteiger partial charge in [0.15, 0.2) is 0 Å². The van der Waals surface area contributed by atoms with E-state index in [1.165, 1.54) is 29.5 Å². The summed E-state index contributed by atoms with van der Waals surface area (Å²) in [6.45, 7) is 10.3. The number of hydrogen-bond acceptors (Lipinski definition) is 5. The highest BCUT2D eigenvalue weighted by molar-refractivity contribution is 5.95. The van der Waals surface area contributed by atoms with Gasteiger partial charge in [0.05, 0.1) is 18.7 Å².